The summed E-state index contributed by atoms with van der Waals surface area (Å²) in [6.45, 7) is 11.2. The lowest BCUT2D eigenvalue weighted by molar-refractivity contribution is 0.586. The second kappa shape index (κ2) is 4.15. The van der Waals surface area contributed by atoms with Crippen LogP contribution in [0.25, 0.3) is 13.2 Å². The van der Waals surface area contributed by atoms with E-state index >= 15 is 0 Å². The molecule has 0 aliphatic heterocycles. The number of nitrogens with zero attached hydrogens (tertiary/aromatic N) is 1. The second-order valence-electron chi connectivity index (χ2n) is 3.17. The van der Waals surface area contributed by atoms with Crippen LogP contribution in [0.4, 0.5) is 0 Å². The molecule has 0 saturated heterocycles. The van der Waals surface area contributed by atoms with Crippen LogP contribution in [0.5, 0.6) is 0 Å². The molecule has 0 aliphatic carbocycles. The summed E-state index contributed by atoms with van der Waals surface area (Å²) in [6.07, 6.45) is 3.79. The van der Waals surface area contributed by atoms with Gasteiger partial charge in [0, 0.05) is 17.2 Å². The van der Waals surface area contributed by atoms with Gasteiger partial charge in [-0.15, -0.1) is 0 Å². The smallest absolute Gasteiger partial charge is 0.0338 e. The van der Waals surface area contributed by atoms with Crippen molar-refractivity contribution in [2.45, 2.75) is 32.7 Å². The normalized spacial score (nSPS) is 10.4. The van der Waals surface area contributed by atoms with Gasteiger partial charge in [0.25, 0.3) is 0 Å². The van der Waals surface area contributed by atoms with Crippen LogP contribution in [0, 0.1) is 0 Å². The lowest BCUT2D eigenvalue weighted by atomic mass is 10.2. The van der Waals surface area contributed by atoms with Crippen molar-refractivity contribution in [2.75, 3.05) is 0 Å². The van der Waals surface area contributed by atoms with Crippen LogP contribution in [-0.2, 0) is 6.54 Å². The molecule has 66 valence electrons. The van der Waals surface area contributed by atoms with Gasteiger partial charge in [0.2, 0.25) is 0 Å². The highest BCUT2D eigenvalue weighted by Crippen LogP contribution is 1.94. The number of aromatic nitrogens is 1. The number of rotatable bonds is 4. The zero-order chi connectivity index (χ0) is 8.97. The minimum atomic E-state index is 1.07. The summed E-state index contributed by atoms with van der Waals surface area (Å²) >= 11 is 0. The van der Waals surface area contributed by atoms with Gasteiger partial charge in [-0.2, -0.15) is 0 Å². The molecule has 0 saturated carbocycles. The first-order chi connectivity index (χ1) is 5.75. The van der Waals surface area contributed by atoms with Crippen LogP contribution >= 0.6 is 0 Å². The van der Waals surface area contributed by atoms with Crippen molar-refractivity contribution >= 4 is 13.2 Å². The third-order valence-electron chi connectivity index (χ3n) is 2.15. The molecule has 1 heterocycles. The zero-order valence-electron chi connectivity index (χ0n) is 7.84. The molecule has 0 spiro atoms. The molecular weight excluding hydrogens is 146 g/mol. The highest BCUT2D eigenvalue weighted by Gasteiger charge is 1.92. The van der Waals surface area contributed by atoms with Gasteiger partial charge >= 0.3 is 0 Å². The van der Waals surface area contributed by atoms with Crippen LogP contribution in [-0.4, -0.2) is 4.57 Å². The lowest BCUT2D eigenvalue weighted by Gasteiger charge is -2.02. The molecule has 0 amide bonds. The largest absolute Gasteiger partial charge is 0.343 e. The van der Waals surface area contributed by atoms with E-state index in [1.807, 2.05) is 12.1 Å². The highest BCUT2D eigenvalue weighted by molar-refractivity contribution is 5.08. The maximum absolute atomic E-state index is 3.94. The van der Waals surface area contributed by atoms with Crippen LogP contribution in [0.2, 0.25) is 0 Å². The van der Waals surface area contributed by atoms with Crippen molar-refractivity contribution in [3.63, 3.8) is 0 Å². The standard InChI is InChI=1S/C11H17N/c1-4-5-6-9-12-10(2)7-8-11(12)3/h7-8H,2-6,9H2,1H3. The van der Waals surface area contributed by atoms with Gasteiger partial charge in [-0.25, -0.2) is 0 Å². The van der Waals surface area contributed by atoms with Gasteiger partial charge in [0.05, 0.1) is 0 Å². The maximum atomic E-state index is 3.94. The Kier molecular flexibility index (Phi) is 3.15. The van der Waals surface area contributed by atoms with E-state index in [1.165, 1.54) is 19.3 Å². The summed E-state index contributed by atoms with van der Waals surface area (Å²) in [5.41, 5.74) is 0. The van der Waals surface area contributed by atoms with E-state index in [0.29, 0.717) is 0 Å². The van der Waals surface area contributed by atoms with Crippen molar-refractivity contribution < 1.29 is 0 Å². The predicted molar refractivity (Wildman–Crippen MR) is 54.3 cm³/mol. The van der Waals surface area contributed by atoms with Crippen molar-refractivity contribution in [1.82, 2.24) is 4.57 Å². The fourth-order valence-corrected chi connectivity index (χ4v) is 1.36. The lowest BCUT2D eigenvalue weighted by Crippen LogP contribution is -2.24. The van der Waals surface area contributed by atoms with E-state index in [1.54, 1.807) is 0 Å². The van der Waals surface area contributed by atoms with E-state index in [0.717, 1.165) is 17.2 Å². The van der Waals surface area contributed by atoms with Crippen LogP contribution < -0.4 is 10.7 Å². The van der Waals surface area contributed by atoms with Crippen LogP contribution in [0.15, 0.2) is 12.1 Å². The molecule has 1 nitrogen and oxygen atoms in total. The molecule has 0 bridgehead atoms. The molecule has 12 heavy (non-hydrogen) atoms. The Morgan fingerprint density at radius 2 is 1.75 bits per heavy atom. The average Bonchev–Trinajstić information content (AvgIpc) is 2.35. The van der Waals surface area contributed by atoms with E-state index < -0.39 is 0 Å². The molecule has 0 aliphatic rings. The summed E-state index contributed by atoms with van der Waals surface area (Å²) in [7, 11) is 0. The summed E-state index contributed by atoms with van der Waals surface area (Å²) in [5, 5.41) is 2.16. The fourth-order valence-electron chi connectivity index (χ4n) is 1.36. The highest BCUT2D eigenvalue weighted by atomic mass is 14.9. The first kappa shape index (κ1) is 9.11. The fraction of sp³-hybridized carbons (Fsp3) is 0.455. The summed E-state index contributed by atoms with van der Waals surface area (Å²) in [5.74, 6) is 0. The molecule has 1 aromatic rings. The molecule has 0 radical (unpaired) electrons. The Morgan fingerprint density at radius 1 is 1.17 bits per heavy atom. The average molecular weight is 163 g/mol. The number of hydrogen-bond donors (Lipinski definition) is 0. The quantitative estimate of drug-likeness (QED) is 0.593. The zero-order valence-corrected chi connectivity index (χ0v) is 7.84. The van der Waals surface area contributed by atoms with E-state index in [4.69, 9.17) is 0 Å². The minimum absolute atomic E-state index is 1.07. The molecule has 0 fully saturated rings. The Bertz CT molecular complexity index is 294. The third kappa shape index (κ3) is 2.00. The SMILES string of the molecule is C=c1ccc(=C)n1CCCCC. The first-order valence-corrected chi connectivity index (χ1v) is 4.59. The Hall–Kier alpha value is -0.980. The van der Waals surface area contributed by atoms with Gasteiger partial charge in [-0.1, -0.05) is 32.9 Å². The molecule has 0 N–H and O–H groups in total. The van der Waals surface area contributed by atoms with Crippen LogP contribution in [0.1, 0.15) is 26.2 Å². The summed E-state index contributed by atoms with van der Waals surface area (Å²) in [6, 6.07) is 4.04. The van der Waals surface area contributed by atoms with Gasteiger partial charge in [0.15, 0.2) is 0 Å². The van der Waals surface area contributed by atoms with Crippen molar-refractivity contribution in [3.8, 4) is 0 Å². The molecular formula is C11H17N. The Labute approximate surface area is 74.0 Å². The molecule has 1 heteroatoms. The second-order valence-corrected chi connectivity index (χ2v) is 3.17. The van der Waals surface area contributed by atoms with Crippen molar-refractivity contribution in [3.05, 3.63) is 22.8 Å². The summed E-state index contributed by atoms with van der Waals surface area (Å²) in [4.78, 5) is 0. The van der Waals surface area contributed by atoms with Crippen molar-refractivity contribution in [1.29, 1.82) is 0 Å². The monoisotopic (exact) mass is 163 g/mol. The van der Waals surface area contributed by atoms with E-state index in [9.17, 15) is 0 Å². The minimum Gasteiger partial charge on any atom is -0.343 e. The predicted octanol–water partition coefficient (Wildman–Crippen LogP) is 1.50. The molecule has 1 aromatic heterocycles. The number of hydrogen-bond acceptors (Lipinski definition) is 0. The van der Waals surface area contributed by atoms with Crippen molar-refractivity contribution in [2.24, 2.45) is 0 Å². The third-order valence-corrected chi connectivity index (χ3v) is 2.15. The first-order valence-electron chi connectivity index (χ1n) is 4.59. The molecule has 1 rings (SSSR count). The van der Waals surface area contributed by atoms with Crippen LogP contribution in [0.3, 0.4) is 0 Å². The van der Waals surface area contributed by atoms with Gasteiger partial charge in [-0.3, -0.25) is 0 Å². The molecule has 0 aromatic carbocycles. The Balaban J connectivity index is 2.62. The molecule has 0 unspecified atom stereocenters. The molecule has 0 atom stereocenters. The topological polar surface area (TPSA) is 4.93 Å². The van der Waals surface area contributed by atoms with Gasteiger partial charge in [-0.05, 0) is 18.6 Å². The number of unbranched alkanes of at least 4 members (excludes halogenated alkanes) is 2. The summed E-state index contributed by atoms with van der Waals surface area (Å²) < 4.78 is 2.18. The van der Waals surface area contributed by atoms with Gasteiger partial charge < -0.3 is 4.57 Å². The maximum Gasteiger partial charge on any atom is 0.0338 e. The Morgan fingerprint density at radius 3 is 2.25 bits per heavy atom. The van der Waals surface area contributed by atoms with E-state index in [-0.39, 0.29) is 0 Å². The van der Waals surface area contributed by atoms with Gasteiger partial charge in [0.1, 0.15) is 0 Å². The van der Waals surface area contributed by atoms with E-state index in [2.05, 4.69) is 24.6 Å².